The number of rotatable bonds is 2. The number of hydrogen-bond acceptors (Lipinski definition) is 3. The molecule has 1 aromatic carbocycles. The molecule has 5 heteroatoms. The first-order chi connectivity index (χ1) is 8.13. The predicted molar refractivity (Wildman–Crippen MR) is 66.8 cm³/mol. The number of carboxylic acid groups (broad SMARTS) is 1. The lowest BCUT2D eigenvalue weighted by molar-refractivity contribution is -0.140. The van der Waals surface area contributed by atoms with Crippen molar-refractivity contribution in [2.24, 2.45) is 5.92 Å². The summed E-state index contributed by atoms with van der Waals surface area (Å²) in [5.74, 6) is -1.10. The second-order valence-electron chi connectivity index (χ2n) is 4.02. The van der Waals surface area contributed by atoms with Crippen LogP contribution in [0.15, 0.2) is 22.7 Å². The van der Waals surface area contributed by atoms with Crippen LogP contribution in [0.5, 0.6) is 0 Å². The molecule has 0 aromatic heterocycles. The Morgan fingerprint density at radius 3 is 2.94 bits per heavy atom. The van der Waals surface area contributed by atoms with E-state index in [4.69, 9.17) is 10.4 Å². The highest BCUT2D eigenvalue weighted by Crippen LogP contribution is 2.30. The molecule has 1 heterocycles. The maximum atomic E-state index is 10.9. The van der Waals surface area contributed by atoms with Crippen molar-refractivity contribution in [2.75, 3.05) is 18.0 Å². The SMILES string of the molecule is N#Cc1c(Br)cccc1N1CCC(C(=O)O)C1. The molecule has 1 fully saturated rings. The molecule has 0 saturated carbocycles. The number of nitrogens with zero attached hydrogens (tertiary/aromatic N) is 2. The van der Waals surface area contributed by atoms with Crippen molar-refractivity contribution in [3.63, 3.8) is 0 Å². The van der Waals surface area contributed by atoms with E-state index in [9.17, 15) is 4.79 Å². The number of hydrogen-bond donors (Lipinski definition) is 1. The van der Waals surface area contributed by atoms with Gasteiger partial charge in [-0.05, 0) is 34.5 Å². The summed E-state index contributed by atoms with van der Waals surface area (Å²) >= 11 is 3.33. The molecule has 17 heavy (non-hydrogen) atoms. The van der Waals surface area contributed by atoms with E-state index in [1.54, 1.807) is 0 Å². The average Bonchev–Trinajstić information content (AvgIpc) is 2.77. The van der Waals surface area contributed by atoms with Crippen LogP contribution in [0.4, 0.5) is 5.69 Å². The molecule has 0 amide bonds. The summed E-state index contributed by atoms with van der Waals surface area (Å²) in [5, 5.41) is 18.1. The van der Waals surface area contributed by atoms with Crippen LogP contribution >= 0.6 is 15.9 Å². The summed E-state index contributed by atoms with van der Waals surface area (Å²) < 4.78 is 0.747. The summed E-state index contributed by atoms with van der Waals surface area (Å²) in [6, 6.07) is 7.67. The number of carboxylic acids is 1. The van der Waals surface area contributed by atoms with Crippen LogP contribution in [0.25, 0.3) is 0 Å². The van der Waals surface area contributed by atoms with Gasteiger partial charge in [-0.15, -0.1) is 0 Å². The molecule has 88 valence electrons. The van der Waals surface area contributed by atoms with E-state index in [1.165, 1.54) is 0 Å². The fraction of sp³-hybridized carbons (Fsp3) is 0.333. The number of halogens is 1. The summed E-state index contributed by atoms with van der Waals surface area (Å²) in [6.07, 6.45) is 0.632. The molecular formula is C12H11BrN2O2. The average molecular weight is 295 g/mol. The molecule has 1 unspecified atom stereocenters. The number of anilines is 1. The van der Waals surface area contributed by atoms with Gasteiger partial charge in [0.2, 0.25) is 0 Å². The Morgan fingerprint density at radius 2 is 2.35 bits per heavy atom. The number of carbonyl (C=O) groups is 1. The van der Waals surface area contributed by atoms with Gasteiger partial charge < -0.3 is 10.0 Å². The first-order valence-corrected chi connectivity index (χ1v) is 6.09. The van der Waals surface area contributed by atoms with E-state index >= 15 is 0 Å². The fourth-order valence-electron chi connectivity index (χ4n) is 2.07. The Bertz CT molecular complexity index is 496. The molecule has 0 radical (unpaired) electrons. The standard InChI is InChI=1S/C12H11BrN2O2/c13-10-2-1-3-11(9(10)6-14)15-5-4-8(7-15)12(16)17/h1-3,8H,4-5,7H2,(H,16,17). The van der Waals surface area contributed by atoms with E-state index in [0.29, 0.717) is 25.1 Å². The first-order valence-electron chi connectivity index (χ1n) is 5.30. The van der Waals surface area contributed by atoms with E-state index in [2.05, 4.69) is 22.0 Å². The third-order valence-corrected chi connectivity index (χ3v) is 3.64. The Balaban J connectivity index is 2.28. The molecule has 1 saturated heterocycles. The van der Waals surface area contributed by atoms with Gasteiger partial charge in [0.1, 0.15) is 6.07 Å². The van der Waals surface area contributed by atoms with Crippen molar-refractivity contribution in [3.8, 4) is 6.07 Å². The third kappa shape index (κ3) is 2.27. The van der Waals surface area contributed by atoms with E-state index in [1.807, 2.05) is 23.1 Å². The van der Waals surface area contributed by atoms with Crippen molar-refractivity contribution in [1.82, 2.24) is 0 Å². The van der Waals surface area contributed by atoms with E-state index in [0.717, 1.165) is 10.2 Å². The summed E-state index contributed by atoms with van der Waals surface area (Å²) in [4.78, 5) is 12.9. The lowest BCUT2D eigenvalue weighted by Crippen LogP contribution is -2.23. The minimum Gasteiger partial charge on any atom is -0.481 e. The van der Waals surface area contributed by atoms with Crippen LogP contribution < -0.4 is 4.90 Å². The van der Waals surface area contributed by atoms with Crippen molar-refractivity contribution < 1.29 is 9.90 Å². The van der Waals surface area contributed by atoms with Gasteiger partial charge in [-0.25, -0.2) is 0 Å². The van der Waals surface area contributed by atoms with Gasteiger partial charge in [-0.2, -0.15) is 5.26 Å². The second kappa shape index (κ2) is 4.76. The molecule has 4 nitrogen and oxygen atoms in total. The van der Waals surface area contributed by atoms with Gasteiger partial charge >= 0.3 is 5.97 Å². The zero-order chi connectivity index (χ0) is 12.4. The molecule has 2 rings (SSSR count). The molecular weight excluding hydrogens is 284 g/mol. The monoisotopic (exact) mass is 294 g/mol. The highest BCUT2D eigenvalue weighted by atomic mass is 79.9. The number of benzene rings is 1. The van der Waals surface area contributed by atoms with Gasteiger partial charge in [0, 0.05) is 17.6 Å². The lowest BCUT2D eigenvalue weighted by Gasteiger charge is -2.19. The van der Waals surface area contributed by atoms with Crippen LogP contribution in [-0.4, -0.2) is 24.2 Å². The van der Waals surface area contributed by atoms with Crippen molar-refractivity contribution in [2.45, 2.75) is 6.42 Å². The van der Waals surface area contributed by atoms with Gasteiger partial charge in [0.25, 0.3) is 0 Å². The predicted octanol–water partition coefficient (Wildman–Crippen LogP) is 2.23. The maximum Gasteiger partial charge on any atom is 0.308 e. The van der Waals surface area contributed by atoms with Crippen LogP contribution in [-0.2, 0) is 4.79 Å². The van der Waals surface area contributed by atoms with Gasteiger partial charge in [0.15, 0.2) is 0 Å². The minimum atomic E-state index is -0.763. The van der Waals surface area contributed by atoms with Crippen molar-refractivity contribution in [1.29, 1.82) is 5.26 Å². The smallest absolute Gasteiger partial charge is 0.308 e. The van der Waals surface area contributed by atoms with Crippen LogP contribution in [0, 0.1) is 17.2 Å². The Morgan fingerprint density at radius 1 is 1.59 bits per heavy atom. The first kappa shape index (κ1) is 11.9. The molecule has 1 aliphatic heterocycles. The molecule has 0 bridgehead atoms. The molecule has 0 spiro atoms. The highest BCUT2D eigenvalue weighted by Gasteiger charge is 2.29. The topological polar surface area (TPSA) is 64.3 Å². The van der Waals surface area contributed by atoms with Crippen molar-refractivity contribution in [3.05, 3.63) is 28.2 Å². The normalized spacial score (nSPS) is 19.1. The quantitative estimate of drug-likeness (QED) is 0.908. The molecule has 1 N–H and O–H groups in total. The summed E-state index contributed by atoms with van der Waals surface area (Å²) in [5.41, 5.74) is 1.38. The maximum absolute atomic E-state index is 10.9. The van der Waals surface area contributed by atoms with Gasteiger partial charge in [-0.1, -0.05) is 6.07 Å². The van der Waals surface area contributed by atoms with Crippen LogP contribution in [0.1, 0.15) is 12.0 Å². The lowest BCUT2D eigenvalue weighted by atomic mass is 10.1. The zero-order valence-electron chi connectivity index (χ0n) is 9.06. The number of aliphatic carboxylic acids is 1. The number of nitriles is 1. The van der Waals surface area contributed by atoms with E-state index in [-0.39, 0.29) is 5.92 Å². The second-order valence-corrected chi connectivity index (χ2v) is 4.87. The van der Waals surface area contributed by atoms with Crippen molar-refractivity contribution >= 4 is 27.6 Å². The summed E-state index contributed by atoms with van der Waals surface area (Å²) in [7, 11) is 0. The minimum absolute atomic E-state index is 0.333. The highest BCUT2D eigenvalue weighted by molar-refractivity contribution is 9.10. The largest absolute Gasteiger partial charge is 0.481 e. The summed E-state index contributed by atoms with van der Waals surface area (Å²) in [6.45, 7) is 1.16. The molecule has 1 atom stereocenters. The zero-order valence-corrected chi connectivity index (χ0v) is 10.6. The van der Waals surface area contributed by atoms with Crippen LogP contribution in [0.3, 0.4) is 0 Å². The van der Waals surface area contributed by atoms with Gasteiger partial charge in [0.05, 0.1) is 17.2 Å². The third-order valence-electron chi connectivity index (χ3n) is 2.98. The Hall–Kier alpha value is -1.54. The molecule has 1 aromatic rings. The van der Waals surface area contributed by atoms with Crippen LogP contribution in [0.2, 0.25) is 0 Å². The van der Waals surface area contributed by atoms with Gasteiger partial charge in [-0.3, -0.25) is 4.79 Å². The molecule has 0 aliphatic carbocycles. The van der Waals surface area contributed by atoms with E-state index < -0.39 is 5.97 Å². The fourth-order valence-corrected chi connectivity index (χ4v) is 2.51. The Kier molecular flexibility index (Phi) is 3.34. The molecule has 1 aliphatic rings. The Labute approximate surface area is 108 Å².